The zero-order valence-electron chi connectivity index (χ0n) is 8.90. The molecular weight excluding hydrogens is 257 g/mol. The molecule has 0 aliphatic rings. The van der Waals surface area contributed by atoms with Gasteiger partial charge in [-0.1, -0.05) is 29.8 Å². The van der Waals surface area contributed by atoms with Gasteiger partial charge in [0.25, 0.3) is 0 Å². The quantitative estimate of drug-likeness (QED) is 0.734. The van der Waals surface area contributed by atoms with E-state index in [9.17, 15) is 0 Å². The van der Waals surface area contributed by atoms with Crippen LogP contribution in [0, 0.1) is 13.0 Å². The summed E-state index contributed by atoms with van der Waals surface area (Å²) in [5, 5.41) is 0. The third kappa shape index (κ3) is 3.89. The van der Waals surface area contributed by atoms with Crippen molar-refractivity contribution in [2.24, 2.45) is 0 Å². The molecule has 0 spiro atoms. The third-order valence-corrected chi connectivity index (χ3v) is 2.32. The van der Waals surface area contributed by atoms with E-state index >= 15 is 0 Å². The van der Waals surface area contributed by atoms with Gasteiger partial charge in [0.05, 0.1) is 0 Å². The van der Waals surface area contributed by atoms with Crippen molar-refractivity contribution in [2.45, 2.75) is 13.3 Å². The molecule has 2 rings (SSSR count). The van der Waals surface area contributed by atoms with Crippen molar-refractivity contribution in [1.29, 1.82) is 0 Å². The van der Waals surface area contributed by atoms with Crippen LogP contribution in [-0.4, -0.2) is 0 Å². The van der Waals surface area contributed by atoms with Gasteiger partial charge in [-0.05, 0) is 18.9 Å². The summed E-state index contributed by atoms with van der Waals surface area (Å²) >= 11 is 0. The predicted octanol–water partition coefficient (Wildman–Crippen LogP) is 3.38. The van der Waals surface area contributed by atoms with E-state index in [-0.39, 0.29) is 32.7 Å². The van der Waals surface area contributed by atoms with Crippen LogP contribution in [0.3, 0.4) is 0 Å². The van der Waals surface area contributed by atoms with Crippen molar-refractivity contribution in [3.63, 3.8) is 0 Å². The minimum atomic E-state index is 0. The van der Waals surface area contributed by atoms with E-state index in [1.165, 1.54) is 16.7 Å². The molecule has 0 aromatic heterocycles. The SMILES string of the molecule is Cc1ccc(Cc2cc[c-]cc2)cc1.[Y]. The van der Waals surface area contributed by atoms with Gasteiger partial charge in [-0.3, -0.25) is 0 Å². The van der Waals surface area contributed by atoms with Gasteiger partial charge in [-0.15, -0.1) is 0 Å². The first-order chi connectivity index (χ1) is 6.84. The molecule has 0 amide bonds. The first-order valence-electron chi connectivity index (χ1n) is 4.85. The summed E-state index contributed by atoms with van der Waals surface area (Å²) < 4.78 is 0. The number of benzene rings is 2. The standard InChI is InChI=1S/C14H13.Y/c1-12-7-9-14(10-8-12)11-13-5-3-2-4-6-13;/h3-10H,11H2,1H3;/q-1;. The van der Waals surface area contributed by atoms with Gasteiger partial charge >= 0.3 is 0 Å². The Morgan fingerprint density at radius 1 is 0.867 bits per heavy atom. The minimum Gasteiger partial charge on any atom is -0.184 e. The van der Waals surface area contributed by atoms with Crippen LogP contribution in [0.2, 0.25) is 0 Å². The molecule has 0 aliphatic heterocycles. The van der Waals surface area contributed by atoms with Gasteiger partial charge in [0.15, 0.2) is 0 Å². The maximum Gasteiger partial charge on any atom is 0 e. The first kappa shape index (κ1) is 12.6. The van der Waals surface area contributed by atoms with Crippen LogP contribution in [0.25, 0.3) is 0 Å². The average Bonchev–Trinajstić information content (AvgIpc) is 2.23. The van der Waals surface area contributed by atoms with Crippen LogP contribution in [0.1, 0.15) is 16.7 Å². The van der Waals surface area contributed by atoms with Crippen molar-refractivity contribution in [1.82, 2.24) is 0 Å². The Bertz CT molecular complexity index is 389. The van der Waals surface area contributed by atoms with Crippen molar-refractivity contribution < 1.29 is 32.7 Å². The Morgan fingerprint density at radius 2 is 1.40 bits per heavy atom. The summed E-state index contributed by atoms with van der Waals surface area (Å²) in [7, 11) is 0. The topological polar surface area (TPSA) is 0 Å². The molecule has 0 unspecified atom stereocenters. The fraction of sp³-hybridized carbons (Fsp3) is 0.143. The Labute approximate surface area is 117 Å². The molecule has 0 aliphatic carbocycles. The summed E-state index contributed by atoms with van der Waals surface area (Å²) in [6.07, 6.45) is 1.01. The second-order valence-electron chi connectivity index (χ2n) is 3.57. The van der Waals surface area contributed by atoms with E-state index < -0.39 is 0 Å². The molecule has 2 aromatic rings. The fourth-order valence-corrected chi connectivity index (χ4v) is 1.48. The van der Waals surface area contributed by atoms with Crippen molar-refractivity contribution in [3.8, 4) is 0 Å². The van der Waals surface area contributed by atoms with E-state index in [0.717, 1.165) is 6.42 Å². The Hall–Kier alpha value is -0.456. The van der Waals surface area contributed by atoms with Crippen molar-refractivity contribution in [3.05, 3.63) is 71.3 Å². The predicted molar refractivity (Wildman–Crippen MR) is 59.3 cm³/mol. The van der Waals surface area contributed by atoms with Crippen LogP contribution in [0.4, 0.5) is 0 Å². The second kappa shape index (κ2) is 6.20. The van der Waals surface area contributed by atoms with Gasteiger partial charge in [0, 0.05) is 32.7 Å². The van der Waals surface area contributed by atoms with Crippen molar-refractivity contribution >= 4 is 0 Å². The smallest absolute Gasteiger partial charge is 0 e. The molecule has 15 heavy (non-hydrogen) atoms. The molecule has 0 nitrogen and oxygen atoms in total. The van der Waals surface area contributed by atoms with Crippen LogP contribution in [0.5, 0.6) is 0 Å². The van der Waals surface area contributed by atoms with Crippen LogP contribution in [0.15, 0.2) is 48.5 Å². The summed E-state index contributed by atoms with van der Waals surface area (Å²) in [6.45, 7) is 2.11. The van der Waals surface area contributed by atoms with E-state index in [1.54, 1.807) is 0 Å². The molecule has 0 heterocycles. The Balaban J connectivity index is 0.00000112. The van der Waals surface area contributed by atoms with Gasteiger partial charge < -0.3 is 0 Å². The van der Waals surface area contributed by atoms with Gasteiger partial charge in [0.2, 0.25) is 0 Å². The first-order valence-corrected chi connectivity index (χ1v) is 4.85. The zero-order chi connectivity index (χ0) is 9.80. The molecule has 73 valence electrons. The molecule has 0 N–H and O–H groups in total. The maximum absolute atomic E-state index is 3.03. The minimum absolute atomic E-state index is 0. The molecule has 0 fully saturated rings. The Kier molecular flexibility index (Phi) is 5.21. The molecular formula is C14H13Y-. The monoisotopic (exact) mass is 270 g/mol. The number of hydrogen-bond donors (Lipinski definition) is 0. The third-order valence-electron chi connectivity index (χ3n) is 2.32. The molecule has 1 radical (unpaired) electrons. The van der Waals surface area contributed by atoms with E-state index in [4.69, 9.17) is 0 Å². The van der Waals surface area contributed by atoms with Crippen LogP contribution < -0.4 is 0 Å². The number of rotatable bonds is 2. The average molecular weight is 270 g/mol. The maximum atomic E-state index is 3.03. The number of hydrogen-bond acceptors (Lipinski definition) is 0. The number of aryl methyl sites for hydroxylation is 1. The summed E-state index contributed by atoms with van der Waals surface area (Å²) in [5.74, 6) is 0. The molecule has 0 saturated carbocycles. The van der Waals surface area contributed by atoms with E-state index in [2.05, 4.69) is 49.4 Å². The van der Waals surface area contributed by atoms with Crippen LogP contribution in [-0.2, 0) is 39.1 Å². The zero-order valence-corrected chi connectivity index (χ0v) is 11.7. The summed E-state index contributed by atoms with van der Waals surface area (Å²) in [6, 6.07) is 19.9. The van der Waals surface area contributed by atoms with Gasteiger partial charge in [-0.2, -0.15) is 35.9 Å². The largest absolute Gasteiger partial charge is 0.184 e. The summed E-state index contributed by atoms with van der Waals surface area (Å²) in [4.78, 5) is 0. The molecule has 1 heteroatoms. The second-order valence-corrected chi connectivity index (χ2v) is 3.57. The van der Waals surface area contributed by atoms with Gasteiger partial charge in [-0.25, -0.2) is 0 Å². The fourth-order valence-electron chi connectivity index (χ4n) is 1.48. The van der Waals surface area contributed by atoms with E-state index in [0.29, 0.717) is 0 Å². The van der Waals surface area contributed by atoms with Gasteiger partial charge in [0.1, 0.15) is 0 Å². The summed E-state index contributed by atoms with van der Waals surface area (Å²) in [5.41, 5.74) is 4.02. The van der Waals surface area contributed by atoms with Crippen molar-refractivity contribution in [2.75, 3.05) is 0 Å². The molecule has 2 aromatic carbocycles. The molecule has 0 bridgehead atoms. The molecule has 0 saturated heterocycles. The van der Waals surface area contributed by atoms with E-state index in [1.807, 2.05) is 12.1 Å². The normalized spacial score (nSPS) is 9.40. The Morgan fingerprint density at radius 3 is 2.00 bits per heavy atom. The molecule has 0 atom stereocenters. The van der Waals surface area contributed by atoms with Crippen LogP contribution >= 0.6 is 0 Å².